The van der Waals surface area contributed by atoms with Gasteiger partial charge in [0.2, 0.25) is 0 Å². The third-order valence-electron chi connectivity index (χ3n) is 4.81. The Balaban J connectivity index is 1.96. The number of hydrogen-bond acceptors (Lipinski definition) is 7. The van der Waals surface area contributed by atoms with Crippen LogP contribution in [0.3, 0.4) is 0 Å². The van der Waals surface area contributed by atoms with E-state index >= 15 is 0 Å². The van der Waals surface area contributed by atoms with Crippen molar-refractivity contribution in [2.45, 2.75) is 9.79 Å². The third-order valence-corrected chi connectivity index (χ3v) is 6.38. The lowest BCUT2D eigenvalue weighted by Crippen LogP contribution is -2.25. The minimum Gasteiger partial charge on any atom is -0.397 e. The minimum atomic E-state index is -4.82. The summed E-state index contributed by atoms with van der Waals surface area (Å²) >= 11 is -2.19. The van der Waals surface area contributed by atoms with Gasteiger partial charge in [0.05, 0.1) is 27.4 Å². The van der Waals surface area contributed by atoms with Crippen molar-refractivity contribution in [2.24, 2.45) is 0 Å². The molecule has 3 aromatic rings. The highest BCUT2D eigenvalue weighted by molar-refractivity contribution is 7.86. The zero-order valence-corrected chi connectivity index (χ0v) is 17.2. The average Bonchev–Trinajstić information content (AvgIpc) is 2.72. The molecule has 11 heteroatoms. The van der Waals surface area contributed by atoms with Crippen LogP contribution in [0.15, 0.2) is 64.4 Å². The summed E-state index contributed by atoms with van der Waals surface area (Å²) in [5, 5.41) is 2.83. The van der Waals surface area contributed by atoms with Gasteiger partial charge < -0.3 is 15.6 Å². The molecule has 9 nitrogen and oxygen atoms in total. The van der Waals surface area contributed by atoms with Gasteiger partial charge >= 0.3 is 0 Å². The lowest BCUT2D eigenvalue weighted by molar-refractivity contribution is 0.0980. The monoisotopic (exact) mass is 458 g/mol. The van der Waals surface area contributed by atoms with Crippen molar-refractivity contribution in [3.05, 3.63) is 76.9 Å². The van der Waals surface area contributed by atoms with Crippen LogP contribution in [0.1, 0.15) is 31.8 Å². The largest absolute Gasteiger partial charge is 0.397 e. The highest BCUT2D eigenvalue weighted by atomic mass is 32.2. The van der Waals surface area contributed by atoms with Crippen molar-refractivity contribution in [3.8, 4) is 0 Å². The highest BCUT2D eigenvalue weighted by Gasteiger charge is 2.36. The molecule has 4 rings (SSSR count). The Morgan fingerprint density at radius 3 is 1.97 bits per heavy atom. The van der Waals surface area contributed by atoms with Gasteiger partial charge in [0.25, 0.3) is 10.1 Å². The molecule has 1 aliphatic carbocycles. The van der Waals surface area contributed by atoms with Crippen LogP contribution >= 0.6 is 0 Å². The fraction of sp³-hybridized carbons (Fsp3) is 0. The predicted molar refractivity (Wildman–Crippen MR) is 113 cm³/mol. The van der Waals surface area contributed by atoms with Gasteiger partial charge in [-0.15, -0.1) is 0 Å². The maximum absolute atomic E-state index is 13.2. The summed E-state index contributed by atoms with van der Waals surface area (Å²) in [6, 6.07) is 12.6. The van der Waals surface area contributed by atoms with E-state index in [2.05, 4.69) is 5.32 Å². The number of hydrogen-bond donors (Lipinski definition) is 4. The van der Waals surface area contributed by atoms with Gasteiger partial charge in [-0.05, 0) is 30.3 Å². The van der Waals surface area contributed by atoms with Gasteiger partial charge in [-0.2, -0.15) is 8.42 Å². The first-order valence-corrected chi connectivity index (χ1v) is 11.2. The van der Waals surface area contributed by atoms with Crippen molar-refractivity contribution in [3.63, 3.8) is 0 Å². The SMILES string of the molecule is Nc1c(S(=O)(=O)O)cc(Nc2ccc(S(=O)O)cc2)c2c1C(=O)c1ccccc1C2=O. The van der Waals surface area contributed by atoms with Crippen LogP contribution < -0.4 is 11.1 Å². The van der Waals surface area contributed by atoms with Crippen molar-refractivity contribution in [1.29, 1.82) is 0 Å². The summed E-state index contributed by atoms with van der Waals surface area (Å²) in [7, 11) is -4.82. The molecule has 0 radical (unpaired) electrons. The molecule has 0 fully saturated rings. The number of carbonyl (C=O) groups excluding carboxylic acids is 2. The molecule has 0 saturated heterocycles. The highest BCUT2D eigenvalue weighted by Crippen LogP contribution is 2.40. The van der Waals surface area contributed by atoms with E-state index in [-0.39, 0.29) is 32.8 Å². The van der Waals surface area contributed by atoms with Crippen LogP contribution in [0.5, 0.6) is 0 Å². The number of rotatable bonds is 4. The number of carbonyl (C=O) groups is 2. The molecule has 0 aromatic heterocycles. The maximum atomic E-state index is 13.2. The third kappa shape index (κ3) is 3.53. The summed E-state index contributed by atoms with van der Waals surface area (Å²) in [5.74, 6) is -1.20. The summed E-state index contributed by atoms with van der Waals surface area (Å²) in [6.07, 6.45) is 0. The van der Waals surface area contributed by atoms with Crippen molar-refractivity contribution in [1.82, 2.24) is 0 Å². The second kappa shape index (κ2) is 7.39. The molecule has 0 amide bonds. The van der Waals surface area contributed by atoms with E-state index in [4.69, 9.17) is 10.3 Å². The van der Waals surface area contributed by atoms with Crippen molar-refractivity contribution in [2.75, 3.05) is 11.1 Å². The zero-order chi connectivity index (χ0) is 22.5. The van der Waals surface area contributed by atoms with E-state index in [0.29, 0.717) is 5.69 Å². The second-order valence-corrected chi connectivity index (χ2v) is 9.02. The summed E-state index contributed by atoms with van der Waals surface area (Å²) < 4.78 is 53.7. The van der Waals surface area contributed by atoms with Gasteiger partial charge in [-0.1, -0.05) is 24.3 Å². The van der Waals surface area contributed by atoms with Crippen LogP contribution in [0, 0.1) is 0 Å². The molecule has 0 bridgehead atoms. The number of ketones is 2. The number of nitrogens with one attached hydrogen (secondary N) is 1. The molecule has 0 heterocycles. The van der Waals surface area contributed by atoms with E-state index in [9.17, 15) is 26.8 Å². The molecular formula is C20H14N2O7S2. The smallest absolute Gasteiger partial charge is 0.296 e. The molecular weight excluding hydrogens is 444 g/mol. The normalized spacial score (nSPS) is 14.0. The maximum Gasteiger partial charge on any atom is 0.296 e. The van der Waals surface area contributed by atoms with Crippen LogP contribution in [-0.2, 0) is 21.2 Å². The fourth-order valence-corrected chi connectivity index (χ4v) is 4.43. The summed E-state index contributed by atoms with van der Waals surface area (Å²) in [5.41, 5.74) is 5.40. The zero-order valence-electron chi connectivity index (χ0n) is 15.5. The van der Waals surface area contributed by atoms with Gasteiger partial charge in [0.15, 0.2) is 22.6 Å². The van der Waals surface area contributed by atoms with Gasteiger partial charge in [-0.3, -0.25) is 14.1 Å². The minimum absolute atomic E-state index is 0.0671. The Bertz CT molecular complexity index is 1400. The lowest BCUT2D eigenvalue weighted by atomic mass is 9.82. The molecule has 5 N–H and O–H groups in total. The molecule has 1 aliphatic rings. The Kier molecular flexibility index (Phi) is 4.98. The summed E-state index contributed by atoms with van der Waals surface area (Å²) in [4.78, 5) is 25.7. The Morgan fingerprint density at radius 1 is 0.903 bits per heavy atom. The number of fused-ring (bicyclic) bond motifs is 2. The first-order valence-electron chi connectivity index (χ1n) is 8.70. The van der Waals surface area contributed by atoms with Crippen LogP contribution in [0.2, 0.25) is 0 Å². The Labute approximate surface area is 178 Å². The topological polar surface area (TPSA) is 164 Å². The standard InChI is InChI=1S/C20H14N2O7S2/c21-18-15(31(27,28)29)9-14(22-10-5-7-11(8-6-10)30(25)26)16-17(18)20(24)13-4-2-1-3-12(13)19(16)23/h1-9,22H,21H2,(H,25,26)(H,27,28,29). The van der Waals surface area contributed by atoms with Gasteiger partial charge in [0.1, 0.15) is 4.90 Å². The molecule has 0 spiro atoms. The van der Waals surface area contributed by atoms with Crippen molar-refractivity contribution >= 4 is 49.8 Å². The molecule has 1 atom stereocenters. The molecule has 3 aromatic carbocycles. The number of nitrogen functional groups attached to an aromatic ring is 1. The van der Waals surface area contributed by atoms with Crippen LogP contribution in [0.4, 0.5) is 17.1 Å². The molecule has 31 heavy (non-hydrogen) atoms. The quantitative estimate of drug-likeness (QED) is 0.204. The van der Waals surface area contributed by atoms with E-state index in [1.165, 1.54) is 36.4 Å². The van der Waals surface area contributed by atoms with Crippen LogP contribution in [-0.4, -0.2) is 33.3 Å². The number of nitrogens with two attached hydrogens (primary N) is 1. The molecule has 0 saturated carbocycles. The lowest BCUT2D eigenvalue weighted by Gasteiger charge is -2.23. The summed E-state index contributed by atoms with van der Waals surface area (Å²) in [6.45, 7) is 0. The Hall–Kier alpha value is -3.38. The van der Waals surface area contributed by atoms with E-state index in [1.807, 2.05) is 0 Å². The molecule has 0 aliphatic heterocycles. The van der Waals surface area contributed by atoms with E-state index in [0.717, 1.165) is 6.07 Å². The van der Waals surface area contributed by atoms with E-state index in [1.54, 1.807) is 12.1 Å². The van der Waals surface area contributed by atoms with Crippen LogP contribution in [0.25, 0.3) is 0 Å². The molecule has 1 unspecified atom stereocenters. The second-order valence-electron chi connectivity index (χ2n) is 6.66. The Morgan fingerprint density at radius 2 is 1.45 bits per heavy atom. The first kappa shape index (κ1) is 20.9. The van der Waals surface area contributed by atoms with Gasteiger partial charge in [0, 0.05) is 16.8 Å². The van der Waals surface area contributed by atoms with Crippen molar-refractivity contribution < 1.29 is 31.3 Å². The average molecular weight is 458 g/mol. The van der Waals surface area contributed by atoms with Gasteiger partial charge in [-0.25, -0.2) is 4.21 Å². The van der Waals surface area contributed by atoms with E-state index < -0.39 is 43.3 Å². The molecule has 158 valence electrons. The number of anilines is 3. The predicted octanol–water partition coefficient (Wildman–Crippen LogP) is 2.62. The number of benzene rings is 3. The first-order chi connectivity index (χ1) is 14.6. The fourth-order valence-electron chi connectivity index (χ4n) is 3.42.